The second kappa shape index (κ2) is 6.33. The highest BCUT2D eigenvalue weighted by molar-refractivity contribution is 5.66. The van der Waals surface area contributed by atoms with Crippen molar-refractivity contribution in [2.24, 2.45) is 23.2 Å². The first-order valence-corrected chi connectivity index (χ1v) is 8.75. The SMILES string of the molecule is C=C1CCC2[C@](C)(CCC[C@@]2(C)F)[C@H]1CC[C@H](C)CC(=O)O. The van der Waals surface area contributed by atoms with E-state index in [-0.39, 0.29) is 23.7 Å². The molecule has 3 heteroatoms. The molecule has 0 aromatic rings. The highest BCUT2D eigenvalue weighted by atomic mass is 19.1. The van der Waals surface area contributed by atoms with Crippen LogP contribution >= 0.6 is 0 Å². The minimum Gasteiger partial charge on any atom is -0.481 e. The van der Waals surface area contributed by atoms with Gasteiger partial charge in [-0.05, 0) is 75.0 Å². The van der Waals surface area contributed by atoms with Crippen LogP contribution in [0, 0.1) is 23.2 Å². The predicted molar refractivity (Wildman–Crippen MR) is 87.5 cm³/mol. The highest BCUT2D eigenvalue weighted by Crippen LogP contribution is 2.60. The number of fused-ring (bicyclic) bond motifs is 1. The van der Waals surface area contributed by atoms with E-state index in [0.717, 1.165) is 38.5 Å². The van der Waals surface area contributed by atoms with Gasteiger partial charge in [0.25, 0.3) is 0 Å². The monoisotopic (exact) mass is 310 g/mol. The Kier molecular flexibility index (Phi) is 5.03. The third-order valence-electron chi connectivity index (χ3n) is 6.42. The van der Waals surface area contributed by atoms with Crippen molar-refractivity contribution < 1.29 is 14.3 Å². The van der Waals surface area contributed by atoms with Gasteiger partial charge in [-0.3, -0.25) is 4.79 Å². The van der Waals surface area contributed by atoms with E-state index in [9.17, 15) is 4.79 Å². The summed E-state index contributed by atoms with van der Waals surface area (Å²) in [6, 6.07) is 0. The number of halogens is 1. The lowest BCUT2D eigenvalue weighted by molar-refractivity contribution is -0.138. The minimum atomic E-state index is -1.06. The molecule has 2 aliphatic carbocycles. The largest absolute Gasteiger partial charge is 0.481 e. The van der Waals surface area contributed by atoms with Gasteiger partial charge in [0.1, 0.15) is 5.67 Å². The minimum absolute atomic E-state index is 0.0000267. The Morgan fingerprint density at radius 1 is 1.45 bits per heavy atom. The highest BCUT2D eigenvalue weighted by Gasteiger charge is 2.54. The normalized spacial score (nSPS) is 40.1. The lowest BCUT2D eigenvalue weighted by Gasteiger charge is -2.56. The summed E-state index contributed by atoms with van der Waals surface area (Å²) in [5.41, 5.74) is 0.206. The molecule has 2 saturated carbocycles. The topological polar surface area (TPSA) is 37.3 Å². The van der Waals surface area contributed by atoms with Crippen LogP contribution in [0.4, 0.5) is 4.39 Å². The van der Waals surface area contributed by atoms with Gasteiger partial charge in [-0.25, -0.2) is 4.39 Å². The van der Waals surface area contributed by atoms with E-state index in [4.69, 9.17) is 5.11 Å². The van der Waals surface area contributed by atoms with Crippen molar-refractivity contribution in [1.29, 1.82) is 0 Å². The molecule has 1 N–H and O–H groups in total. The second-order valence-electron chi connectivity index (χ2n) is 8.22. The van der Waals surface area contributed by atoms with Crippen molar-refractivity contribution in [1.82, 2.24) is 0 Å². The van der Waals surface area contributed by atoms with Crippen molar-refractivity contribution in [3.63, 3.8) is 0 Å². The molecule has 126 valence electrons. The Morgan fingerprint density at radius 2 is 2.14 bits per heavy atom. The molecule has 0 radical (unpaired) electrons. The van der Waals surface area contributed by atoms with Gasteiger partial charge < -0.3 is 5.11 Å². The number of carbonyl (C=O) groups is 1. The van der Waals surface area contributed by atoms with Gasteiger partial charge in [-0.15, -0.1) is 0 Å². The zero-order valence-electron chi connectivity index (χ0n) is 14.3. The summed E-state index contributed by atoms with van der Waals surface area (Å²) >= 11 is 0. The number of allylic oxidation sites excluding steroid dienone is 1. The number of carboxylic acids is 1. The third kappa shape index (κ3) is 3.38. The zero-order valence-corrected chi connectivity index (χ0v) is 14.3. The fraction of sp³-hybridized carbons (Fsp3) is 0.842. The number of hydrogen-bond donors (Lipinski definition) is 1. The first-order valence-electron chi connectivity index (χ1n) is 8.75. The van der Waals surface area contributed by atoms with E-state index >= 15 is 4.39 Å². The van der Waals surface area contributed by atoms with Gasteiger partial charge >= 0.3 is 5.97 Å². The lowest BCUT2D eigenvalue weighted by Crippen LogP contribution is -2.51. The molecule has 0 aliphatic heterocycles. The average Bonchev–Trinajstić information content (AvgIpc) is 2.35. The van der Waals surface area contributed by atoms with Crippen LogP contribution < -0.4 is 0 Å². The molecule has 0 bridgehead atoms. The van der Waals surface area contributed by atoms with E-state index in [0.29, 0.717) is 12.3 Å². The Labute approximate surface area is 134 Å². The summed E-state index contributed by atoms with van der Waals surface area (Å²) in [5.74, 6) is -0.0837. The van der Waals surface area contributed by atoms with Gasteiger partial charge in [-0.2, -0.15) is 0 Å². The fourth-order valence-electron chi connectivity index (χ4n) is 5.25. The first-order chi connectivity index (χ1) is 10.2. The lowest BCUT2D eigenvalue weighted by atomic mass is 9.50. The molecule has 22 heavy (non-hydrogen) atoms. The van der Waals surface area contributed by atoms with Crippen molar-refractivity contribution in [3.05, 3.63) is 12.2 Å². The fourth-order valence-corrected chi connectivity index (χ4v) is 5.25. The molecule has 2 rings (SSSR count). The summed E-state index contributed by atoms with van der Waals surface area (Å²) in [4.78, 5) is 10.8. The van der Waals surface area contributed by atoms with Gasteiger partial charge in [0, 0.05) is 6.42 Å². The molecule has 0 saturated heterocycles. The zero-order chi connectivity index (χ0) is 16.5. The smallest absolute Gasteiger partial charge is 0.303 e. The van der Waals surface area contributed by atoms with E-state index in [1.807, 2.05) is 6.92 Å². The first kappa shape index (κ1) is 17.5. The van der Waals surface area contributed by atoms with Gasteiger partial charge in [-0.1, -0.05) is 26.0 Å². The van der Waals surface area contributed by atoms with Crippen LogP contribution in [0.15, 0.2) is 12.2 Å². The van der Waals surface area contributed by atoms with Crippen LogP contribution in [0.5, 0.6) is 0 Å². The molecule has 2 fully saturated rings. The molecule has 0 aromatic heterocycles. The Hall–Kier alpha value is -0.860. The third-order valence-corrected chi connectivity index (χ3v) is 6.42. The number of aliphatic carboxylic acids is 1. The van der Waals surface area contributed by atoms with Crippen molar-refractivity contribution >= 4 is 5.97 Å². The molecular weight excluding hydrogens is 279 g/mol. The summed E-state index contributed by atoms with van der Waals surface area (Å²) < 4.78 is 15.0. The maximum absolute atomic E-state index is 15.0. The number of alkyl halides is 1. The molecule has 5 atom stereocenters. The van der Waals surface area contributed by atoms with Crippen LogP contribution in [0.3, 0.4) is 0 Å². The summed E-state index contributed by atoms with van der Waals surface area (Å²) in [6.07, 6.45) is 6.63. The van der Waals surface area contributed by atoms with E-state index < -0.39 is 11.6 Å². The van der Waals surface area contributed by atoms with Gasteiger partial charge in [0.2, 0.25) is 0 Å². The summed E-state index contributed by atoms with van der Waals surface area (Å²) in [5, 5.41) is 8.91. The maximum atomic E-state index is 15.0. The second-order valence-corrected chi connectivity index (χ2v) is 8.22. The Morgan fingerprint density at radius 3 is 2.77 bits per heavy atom. The average molecular weight is 310 g/mol. The predicted octanol–water partition coefficient (Wildman–Crippen LogP) is 5.38. The van der Waals surface area contributed by atoms with E-state index in [1.165, 1.54) is 5.57 Å². The van der Waals surface area contributed by atoms with E-state index in [1.54, 1.807) is 6.92 Å². The van der Waals surface area contributed by atoms with Gasteiger partial charge in [0.15, 0.2) is 0 Å². The number of rotatable bonds is 5. The van der Waals surface area contributed by atoms with Crippen molar-refractivity contribution in [2.75, 3.05) is 0 Å². The summed E-state index contributed by atoms with van der Waals surface area (Å²) in [7, 11) is 0. The maximum Gasteiger partial charge on any atom is 0.303 e. The van der Waals surface area contributed by atoms with Crippen LogP contribution in [0.1, 0.15) is 72.1 Å². The van der Waals surface area contributed by atoms with Crippen LogP contribution in [0.2, 0.25) is 0 Å². The van der Waals surface area contributed by atoms with Crippen molar-refractivity contribution in [2.45, 2.75) is 77.8 Å². The Balaban J connectivity index is 2.10. The molecule has 2 nitrogen and oxygen atoms in total. The van der Waals surface area contributed by atoms with Crippen LogP contribution in [-0.2, 0) is 4.79 Å². The molecule has 2 aliphatic rings. The molecule has 0 aromatic carbocycles. The summed E-state index contributed by atoms with van der Waals surface area (Å²) in [6.45, 7) is 10.3. The van der Waals surface area contributed by atoms with Crippen LogP contribution in [-0.4, -0.2) is 16.7 Å². The standard InChI is InChI=1S/C19H31FO2/c1-13(12-17(21)22)6-8-15-14(2)7-9-16-18(15,3)10-5-11-19(16,4)20/h13,15-16H,2,5-12H2,1,3-4H3,(H,21,22)/t13-,15-,16?,18+,19+/m0/s1. The molecule has 0 heterocycles. The molecule has 1 unspecified atom stereocenters. The number of hydrogen-bond acceptors (Lipinski definition) is 1. The molecule has 0 amide bonds. The van der Waals surface area contributed by atoms with Crippen LogP contribution in [0.25, 0.3) is 0 Å². The van der Waals surface area contributed by atoms with Gasteiger partial charge in [0.05, 0.1) is 0 Å². The Bertz CT molecular complexity index is 443. The molecular formula is C19H31FO2. The van der Waals surface area contributed by atoms with Crippen molar-refractivity contribution in [3.8, 4) is 0 Å². The quantitative estimate of drug-likeness (QED) is 0.692. The number of carboxylic acid groups (broad SMARTS) is 1. The van der Waals surface area contributed by atoms with E-state index in [2.05, 4.69) is 13.5 Å². The molecule has 0 spiro atoms.